The first-order chi connectivity index (χ1) is 15.5. The van der Waals surface area contributed by atoms with E-state index < -0.39 is 0 Å². The first-order valence-electron chi connectivity index (χ1n) is 11.3. The standard InChI is InChI=1S/C25H28ClN5O/c1-3-4-12-32-18-7-8-20(26)19(14-18)24-30-29-23-16(2)28-21-9-6-17(13-22(21)31(23)24)15-25(27)10-5-11-25/h6-9,13-14H,3-5,10-12,15,27H2,1-2H3. The lowest BCUT2D eigenvalue weighted by atomic mass is 9.74. The van der Waals surface area contributed by atoms with Crippen molar-refractivity contribution in [3.8, 4) is 17.1 Å². The Morgan fingerprint density at radius 2 is 2.00 bits per heavy atom. The number of aromatic nitrogens is 4. The van der Waals surface area contributed by atoms with Gasteiger partial charge in [-0.05, 0) is 74.9 Å². The van der Waals surface area contributed by atoms with Gasteiger partial charge in [-0.3, -0.25) is 4.40 Å². The summed E-state index contributed by atoms with van der Waals surface area (Å²) in [5, 5.41) is 9.57. The fraction of sp³-hybridized carbons (Fsp3) is 0.400. The van der Waals surface area contributed by atoms with Crippen molar-refractivity contribution >= 4 is 28.3 Å². The Balaban J connectivity index is 1.64. The van der Waals surface area contributed by atoms with E-state index in [1.165, 1.54) is 12.0 Å². The highest BCUT2D eigenvalue weighted by Gasteiger charge is 2.32. The summed E-state index contributed by atoms with van der Waals surface area (Å²) in [6, 6.07) is 12.1. The van der Waals surface area contributed by atoms with Gasteiger partial charge in [0.25, 0.3) is 0 Å². The lowest BCUT2D eigenvalue weighted by molar-refractivity contribution is 0.247. The van der Waals surface area contributed by atoms with Crippen molar-refractivity contribution in [2.24, 2.45) is 5.73 Å². The smallest absolute Gasteiger partial charge is 0.183 e. The van der Waals surface area contributed by atoms with Crippen LogP contribution in [0.5, 0.6) is 5.75 Å². The maximum absolute atomic E-state index is 6.62. The first kappa shape index (κ1) is 21.2. The third-order valence-electron chi connectivity index (χ3n) is 6.41. The van der Waals surface area contributed by atoms with Gasteiger partial charge in [0.15, 0.2) is 11.5 Å². The normalized spacial score (nSPS) is 15.2. The van der Waals surface area contributed by atoms with Crippen LogP contribution in [0.15, 0.2) is 36.4 Å². The van der Waals surface area contributed by atoms with Gasteiger partial charge in [-0.1, -0.05) is 31.0 Å². The lowest BCUT2D eigenvalue weighted by Gasteiger charge is -2.38. The van der Waals surface area contributed by atoms with Crippen LogP contribution in [0.3, 0.4) is 0 Å². The second kappa shape index (κ2) is 8.34. The summed E-state index contributed by atoms with van der Waals surface area (Å²) in [6.07, 6.45) is 6.31. The quantitative estimate of drug-likeness (QED) is 0.376. The minimum atomic E-state index is -0.0889. The Bertz CT molecular complexity index is 1290. The molecule has 1 aliphatic carbocycles. The Labute approximate surface area is 192 Å². The molecule has 32 heavy (non-hydrogen) atoms. The molecule has 0 amide bonds. The van der Waals surface area contributed by atoms with Crippen molar-refractivity contribution in [2.45, 2.75) is 57.9 Å². The predicted octanol–water partition coefficient (Wildman–Crippen LogP) is 5.51. The van der Waals surface area contributed by atoms with E-state index in [1.807, 2.05) is 25.1 Å². The molecule has 0 saturated heterocycles. The van der Waals surface area contributed by atoms with Gasteiger partial charge in [-0.2, -0.15) is 0 Å². The molecular weight excluding hydrogens is 422 g/mol. The highest BCUT2D eigenvalue weighted by Crippen LogP contribution is 2.35. The molecule has 6 nitrogen and oxygen atoms in total. The van der Waals surface area contributed by atoms with E-state index in [4.69, 9.17) is 27.1 Å². The molecule has 0 atom stereocenters. The van der Waals surface area contributed by atoms with E-state index in [9.17, 15) is 0 Å². The second-order valence-electron chi connectivity index (χ2n) is 8.94. The van der Waals surface area contributed by atoms with Gasteiger partial charge in [0.2, 0.25) is 0 Å². The highest BCUT2D eigenvalue weighted by atomic mass is 35.5. The van der Waals surface area contributed by atoms with E-state index in [1.54, 1.807) is 0 Å². The third-order valence-corrected chi connectivity index (χ3v) is 6.74. The van der Waals surface area contributed by atoms with Gasteiger partial charge in [-0.15, -0.1) is 10.2 Å². The van der Waals surface area contributed by atoms with Crippen LogP contribution in [0.25, 0.3) is 28.1 Å². The van der Waals surface area contributed by atoms with Crippen LogP contribution in [0.2, 0.25) is 5.02 Å². The van der Waals surface area contributed by atoms with Gasteiger partial charge in [0.1, 0.15) is 5.75 Å². The highest BCUT2D eigenvalue weighted by molar-refractivity contribution is 6.33. The number of nitrogens with zero attached hydrogens (tertiary/aromatic N) is 4. The summed E-state index contributed by atoms with van der Waals surface area (Å²) in [7, 11) is 0. The zero-order valence-electron chi connectivity index (χ0n) is 18.6. The molecule has 1 aliphatic rings. The van der Waals surface area contributed by atoms with E-state index in [-0.39, 0.29) is 5.54 Å². The van der Waals surface area contributed by atoms with E-state index >= 15 is 0 Å². The zero-order chi connectivity index (χ0) is 22.3. The van der Waals surface area contributed by atoms with Crippen molar-refractivity contribution < 1.29 is 4.74 Å². The molecule has 1 saturated carbocycles. The topological polar surface area (TPSA) is 78.3 Å². The van der Waals surface area contributed by atoms with Crippen molar-refractivity contribution in [3.63, 3.8) is 0 Å². The first-order valence-corrected chi connectivity index (χ1v) is 11.7. The summed E-state index contributed by atoms with van der Waals surface area (Å²) >= 11 is 6.62. The monoisotopic (exact) mass is 449 g/mol. The fourth-order valence-corrected chi connectivity index (χ4v) is 4.62. The predicted molar refractivity (Wildman–Crippen MR) is 128 cm³/mol. The van der Waals surface area contributed by atoms with Crippen molar-refractivity contribution in [2.75, 3.05) is 6.61 Å². The number of hydrogen-bond acceptors (Lipinski definition) is 5. The maximum atomic E-state index is 6.62. The molecule has 0 unspecified atom stereocenters. The van der Waals surface area contributed by atoms with Gasteiger partial charge in [-0.25, -0.2) is 4.98 Å². The molecule has 2 aromatic heterocycles. The third kappa shape index (κ3) is 3.82. The number of nitrogens with two attached hydrogens (primary N) is 1. The Kier molecular flexibility index (Phi) is 5.51. The average molecular weight is 450 g/mol. The SMILES string of the molecule is CCCCOc1ccc(Cl)c(-c2nnc3c(C)nc4ccc(CC5(N)CCC5)cc4n23)c1. The molecule has 1 fully saturated rings. The molecule has 0 spiro atoms. The van der Waals surface area contributed by atoms with Crippen LogP contribution in [0.1, 0.15) is 50.3 Å². The average Bonchev–Trinajstić information content (AvgIpc) is 3.20. The van der Waals surface area contributed by atoms with Crippen molar-refractivity contribution in [1.29, 1.82) is 0 Å². The summed E-state index contributed by atoms with van der Waals surface area (Å²) in [5.74, 6) is 1.46. The number of fused-ring (bicyclic) bond motifs is 3. The van der Waals surface area contributed by atoms with Crippen LogP contribution >= 0.6 is 11.6 Å². The molecule has 7 heteroatoms. The van der Waals surface area contributed by atoms with Crippen LogP contribution in [0.4, 0.5) is 0 Å². The Morgan fingerprint density at radius 1 is 1.16 bits per heavy atom. The van der Waals surface area contributed by atoms with E-state index in [0.717, 1.165) is 65.8 Å². The molecule has 2 N–H and O–H groups in total. The minimum absolute atomic E-state index is 0.0889. The number of ether oxygens (including phenoxy) is 1. The number of unbranched alkanes of at least 4 members (excludes halogenated alkanes) is 1. The van der Waals surface area contributed by atoms with Crippen LogP contribution in [0, 0.1) is 6.92 Å². The molecular formula is C25H28ClN5O. The molecule has 5 rings (SSSR count). The molecule has 0 aliphatic heterocycles. The van der Waals surface area contributed by atoms with Gasteiger partial charge in [0.05, 0.1) is 28.4 Å². The fourth-order valence-electron chi connectivity index (χ4n) is 4.42. The second-order valence-corrected chi connectivity index (χ2v) is 9.35. The van der Waals surface area contributed by atoms with E-state index in [2.05, 4.69) is 39.7 Å². The number of halogens is 1. The number of rotatable bonds is 7. The van der Waals surface area contributed by atoms with Gasteiger partial charge in [0, 0.05) is 11.1 Å². The summed E-state index contributed by atoms with van der Waals surface area (Å²) in [5.41, 5.74) is 11.8. The minimum Gasteiger partial charge on any atom is -0.494 e. The van der Waals surface area contributed by atoms with Crippen LogP contribution < -0.4 is 10.5 Å². The maximum Gasteiger partial charge on any atom is 0.183 e. The van der Waals surface area contributed by atoms with Crippen molar-refractivity contribution in [3.05, 3.63) is 52.7 Å². The number of benzene rings is 2. The number of aryl methyl sites for hydroxylation is 1. The van der Waals surface area contributed by atoms with Crippen LogP contribution in [-0.2, 0) is 6.42 Å². The largest absolute Gasteiger partial charge is 0.494 e. The molecule has 2 aromatic carbocycles. The van der Waals surface area contributed by atoms with Crippen molar-refractivity contribution in [1.82, 2.24) is 19.6 Å². The van der Waals surface area contributed by atoms with Gasteiger partial charge >= 0.3 is 0 Å². The van der Waals surface area contributed by atoms with Crippen LogP contribution in [-0.4, -0.2) is 31.7 Å². The Hall–Kier alpha value is -2.70. The summed E-state index contributed by atoms with van der Waals surface area (Å²) in [4.78, 5) is 4.76. The molecule has 0 radical (unpaired) electrons. The molecule has 166 valence electrons. The number of hydrogen-bond donors (Lipinski definition) is 1. The lowest BCUT2D eigenvalue weighted by Crippen LogP contribution is -2.48. The molecule has 4 aromatic rings. The Morgan fingerprint density at radius 3 is 2.75 bits per heavy atom. The van der Waals surface area contributed by atoms with E-state index in [0.29, 0.717) is 17.5 Å². The molecule has 2 heterocycles. The zero-order valence-corrected chi connectivity index (χ0v) is 19.3. The summed E-state index contributed by atoms with van der Waals surface area (Å²) < 4.78 is 7.97. The van der Waals surface area contributed by atoms with Gasteiger partial charge < -0.3 is 10.5 Å². The molecule has 0 bridgehead atoms. The summed E-state index contributed by atoms with van der Waals surface area (Å²) in [6.45, 7) is 4.77.